The average molecular weight is 228 g/mol. The van der Waals surface area contributed by atoms with E-state index in [1.807, 2.05) is 0 Å². The summed E-state index contributed by atoms with van der Waals surface area (Å²) in [5.74, 6) is 1.22. The van der Waals surface area contributed by atoms with Crippen molar-refractivity contribution in [3.63, 3.8) is 0 Å². The predicted octanol–water partition coefficient (Wildman–Crippen LogP) is 2.53. The Labute approximate surface area is 92.9 Å². The summed E-state index contributed by atoms with van der Waals surface area (Å²) in [5, 5.41) is 8.74. The molecule has 4 nitrogen and oxygen atoms in total. The van der Waals surface area contributed by atoms with Crippen molar-refractivity contribution in [2.75, 3.05) is 14.2 Å². The molecule has 0 aliphatic rings. The first kappa shape index (κ1) is 11.5. The SMILES string of the molecule is COc1cc(OC)c(Cl)c(OC#N)c1C. The van der Waals surface area contributed by atoms with Gasteiger partial charge in [0.2, 0.25) is 0 Å². The third kappa shape index (κ3) is 2.08. The second kappa shape index (κ2) is 4.76. The third-order valence-electron chi connectivity index (χ3n) is 1.98. The molecule has 0 aromatic heterocycles. The van der Waals surface area contributed by atoms with Gasteiger partial charge in [-0.3, -0.25) is 0 Å². The van der Waals surface area contributed by atoms with Gasteiger partial charge in [-0.15, -0.1) is 5.26 Å². The Morgan fingerprint density at radius 3 is 2.33 bits per heavy atom. The van der Waals surface area contributed by atoms with Gasteiger partial charge in [0.05, 0.1) is 14.2 Å². The highest BCUT2D eigenvalue weighted by Gasteiger charge is 2.16. The van der Waals surface area contributed by atoms with Gasteiger partial charge in [0, 0.05) is 11.6 Å². The van der Waals surface area contributed by atoms with Crippen molar-refractivity contribution in [1.29, 1.82) is 5.26 Å². The zero-order valence-electron chi connectivity index (χ0n) is 8.63. The topological polar surface area (TPSA) is 51.5 Å². The van der Waals surface area contributed by atoms with E-state index in [1.165, 1.54) is 14.2 Å². The van der Waals surface area contributed by atoms with Crippen molar-refractivity contribution in [2.24, 2.45) is 0 Å². The van der Waals surface area contributed by atoms with Gasteiger partial charge < -0.3 is 14.2 Å². The molecule has 0 aliphatic carbocycles. The summed E-state index contributed by atoms with van der Waals surface area (Å²) in [5.41, 5.74) is 0.657. The molecule has 0 radical (unpaired) electrons. The number of benzene rings is 1. The lowest BCUT2D eigenvalue weighted by molar-refractivity contribution is 0.385. The van der Waals surface area contributed by atoms with Crippen LogP contribution in [0.5, 0.6) is 17.2 Å². The summed E-state index contributed by atoms with van der Waals surface area (Å²) >= 11 is 5.97. The fraction of sp³-hybridized carbons (Fsp3) is 0.300. The van der Waals surface area contributed by atoms with Crippen LogP contribution in [0.3, 0.4) is 0 Å². The Morgan fingerprint density at radius 1 is 1.27 bits per heavy atom. The molecule has 0 unspecified atom stereocenters. The minimum absolute atomic E-state index is 0.260. The van der Waals surface area contributed by atoms with E-state index in [4.69, 9.17) is 31.1 Å². The standard InChI is InChI=1S/C10H10ClNO3/c1-6-7(13-2)4-8(14-3)9(11)10(6)15-5-12/h4H,1-3H3. The molecule has 5 heteroatoms. The predicted molar refractivity (Wildman–Crippen MR) is 55.5 cm³/mol. The van der Waals surface area contributed by atoms with Crippen molar-refractivity contribution >= 4 is 11.6 Å². The number of methoxy groups -OCH3 is 2. The first-order valence-electron chi connectivity index (χ1n) is 4.12. The van der Waals surface area contributed by atoms with Crippen LogP contribution in [0.2, 0.25) is 5.02 Å². The number of rotatable bonds is 3. The van der Waals surface area contributed by atoms with E-state index in [9.17, 15) is 0 Å². The van der Waals surface area contributed by atoms with E-state index in [2.05, 4.69) is 0 Å². The first-order chi connectivity index (χ1) is 7.15. The van der Waals surface area contributed by atoms with Crippen molar-refractivity contribution in [1.82, 2.24) is 0 Å². The van der Waals surface area contributed by atoms with E-state index in [0.29, 0.717) is 17.1 Å². The highest BCUT2D eigenvalue weighted by Crippen LogP contribution is 2.41. The number of hydrogen-bond donors (Lipinski definition) is 0. The largest absolute Gasteiger partial charge is 0.496 e. The number of halogens is 1. The Hall–Kier alpha value is -1.60. The first-order valence-corrected chi connectivity index (χ1v) is 4.50. The second-order valence-electron chi connectivity index (χ2n) is 2.74. The maximum Gasteiger partial charge on any atom is 0.292 e. The molecule has 1 aromatic carbocycles. The summed E-state index contributed by atoms with van der Waals surface area (Å²) in [6.07, 6.45) is 1.57. The minimum Gasteiger partial charge on any atom is -0.496 e. The zero-order valence-corrected chi connectivity index (χ0v) is 9.38. The van der Waals surface area contributed by atoms with Crippen molar-refractivity contribution < 1.29 is 14.2 Å². The molecular weight excluding hydrogens is 218 g/mol. The fourth-order valence-corrected chi connectivity index (χ4v) is 1.52. The Kier molecular flexibility index (Phi) is 3.64. The molecule has 80 valence electrons. The highest BCUT2D eigenvalue weighted by atomic mass is 35.5. The molecule has 0 bridgehead atoms. The van der Waals surface area contributed by atoms with Gasteiger partial charge in [0.25, 0.3) is 6.26 Å². The van der Waals surface area contributed by atoms with Gasteiger partial charge >= 0.3 is 0 Å². The summed E-state index contributed by atoms with van der Waals surface area (Å²) < 4.78 is 14.9. The summed E-state index contributed by atoms with van der Waals surface area (Å²) in [7, 11) is 3.00. The number of ether oxygens (including phenoxy) is 3. The zero-order chi connectivity index (χ0) is 11.4. The molecule has 0 N–H and O–H groups in total. The van der Waals surface area contributed by atoms with E-state index in [0.717, 1.165) is 0 Å². The summed E-state index contributed by atoms with van der Waals surface area (Å²) in [4.78, 5) is 0. The van der Waals surface area contributed by atoms with Crippen molar-refractivity contribution in [2.45, 2.75) is 6.92 Å². The van der Waals surface area contributed by atoms with E-state index in [-0.39, 0.29) is 10.8 Å². The Balaban J connectivity index is 3.40. The molecule has 1 aromatic rings. The monoisotopic (exact) mass is 227 g/mol. The van der Waals surface area contributed by atoms with Crippen LogP contribution in [0.1, 0.15) is 5.56 Å². The van der Waals surface area contributed by atoms with Gasteiger partial charge in [0.15, 0.2) is 5.75 Å². The van der Waals surface area contributed by atoms with E-state index >= 15 is 0 Å². The van der Waals surface area contributed by atoms with Crippen LogP contribution in [-0.2, 0) is 0 Å². The van der Waals surface area contributed by atoms with Crippen molar-refractivity contribution in [3.8, 4) is 23.5 Å². The van der Waals surface area contributed by atoms with E-state index < -0.39 is 0 Å². The van der Waals surface area contributed by atoms with Crippen LogP contribution < -0.4 is 14.2 Å². The maximum absolute atomic E-state index is 8.48. The van der Waals surface area contributed by atoms with Gasteiger partial charge in [-0.25, -0.2) is 0 Å². The van der Waals surface area contributed by atoms with Crippen LogP contribution in [0.4, 0.5) is 0 Å². The molecule has 0 amide bonds. The Morgan fingerprint density at radius 2 is 1.87 bits per heavy atom. The normalized spacial score (nSPS) is 9.27. The highest BCUT2D eigenvalue weighted by molar-refractivity contribution is 6.33. The lowest BCUT2D eigenvalue weighted by atomic mass is 10.2. The van der Waals surface area contributed by atoms with Crippen LogP contribution in [-0.4, -0.2) is 14.2 Å². The molecule has 0 heterocycles. The Bertz CT molecular complexity index is 384. The molecule has 0 spiro atoms. The van der Waals surface area contributed by atoms with Crippen LogP contribution in [0.25, 0.3) is 0 Å². The number of nitriles is 1. The van der Waals surface area contributed by atoms with Gasteiger partial charge in [-0.05, 0) is 6.92 Å². The fourth-order valence-electron chi connectivity index (χ4n) is 1.21. The van der Waals surface area contributed by atoms with Gasteiger partial charge in [-0.1, -0.05) is 11.6 Å². The smallest absolute Gasteiger partial charge is 0.292 e. The van der Waals surface area contributed by atoms with Crippen LogP contribution in [0, 0.1) is 18.4 Å². The van der Waals surface area contributed by atoms with Crippen LogP contribution in [0.15, 0.2) is 6.07 Å². The maximum atomic E-state index is 8.48. The molecule has 15 heavy (non-hydrogen) atoms. The van der Waals surface area contributed by atoms with Crippen LogP contribution >= 0.6 is 11.6 Å². The number of hydrogen-bond acceptors (Lipinski definition) is 4. The second-order valence-corrected chi connectivity index (χ2v) is 3.12. The van der Waals surface area contributed by atoms with Crippen molar-refractivity contribution in [3.05, 3.63) is 16.7 Å². The summed E-state index contributed by atoms with van der Waals surface area (Å²) in [6, 6.07) is 1.64. The molecule has 0 aliphatic heterocycles. The molecule has 0 saturated carbocycles. The van der Waals surface area contributed by atoms with Gasteiger partial charge in [-0.2, -0.15) is 0 Å². The third-order valence-corrected chi connectivity index (χ3v) is 2.33. The molecular formula is C10H10ClNO3. The average Bonchev–Trinajstić information content (AvgIpc) is 2.25. The quantitative estimate of drug-likeness (QED) is 0.745. The molecule has 0 fully saturated rings. The van der Waals surface area contributed by atoms with E-state index in [1.54, 1.807) is 19.2 Å². The number of nitrogens with zero attached hydrogens (tertiary/aromatic N) is 1. The lowest BCUT2D eigenvalue weighted by Crippen LogP contribution is -1.95. The lowest BCUT2D eigenvalue weighted by Gasteiger charge is -2.12. The molecule has 0 atom stereocenters. The molecule has 0 saturated heterocycles. The summed E-state index contributed by atoms with van der Waals surface area (Å²) in [6.45, 7) is 1.75. The molecule has 1 rings (SSSR count). The van der Waals surface area contributed by atoms with Gasteiger partial charge in [0.1, 0.15) is 16.5 Å². The minimum atomic E-state index is 0.260.